The molecular formula is C18H21BrN4O2S. The summed E-state index contributed by atoms with van der Waals surface area (Å²) in [6.07, 6.45) is 0.852. The molecule has 0 amide bonds. The third-order valence-corrected chi connectivity index (χ3v) is 5.23. The second-order valence-corrected chi connectivity index (χ2v) is 8.93. The summed E-state index contributed by atoms with van der Waals surface area (Å²) in [5.74, 6) is 1.71. The van der Waals surface area contributed by atoms with Crippen LogP contribution in [0.3, 0.4) is 0 Å². The maximum Gasteiger partial charge on any atom is 0.262 e. The Balaban J connectivity index is 1.93. The minimum Gasteiger partial charge on any atom is -0.339 e. The Morgan fingerprint density at radius 2 is 2.04 bits per heavy atom. The number of benzene rings is 1. The van der Waals surface area contributed by atoms with Crippen molar-refractivity contribution in [2.45, 2.75) is 57.0 Å². The fraction of sp³-hybridized carbons (Fsp3) is 0.444. The van der Waals surface area contributed by atoms with E-state index in [-0.39, 0.29) is 11.0 Å². The fourth-order valence-corrected chi connectivity index (χ4v) is 3.68. The molecule has 2 heterocycles. The summed E-state index contributed by atoms with van der Waals surface area (Å²) in [5.41, 5.74) is 0.482. The number of aromatic nitrogens is 4. The van der Waals surface area contributed by atoms with Crippen molar-refractivity contribution in [2.75, 3.05) is 0 Å². The summed E-state index contributed by atoms with van der Waals surface area (Å²) in [5, 5.41) is 5.33. The van der Waals surface area contributed by atoms with Crippen molar-refractivity contribution >= 4 is 38.6 Å². The van der Waals surface area contributed by atoms with Gasteiger partial charge < -0.3 is 4.52 Å². The topological polar surface area (TPSA) is 73.8 Å². The van der Waals surface area contributed by atoms with E-state index in [4.69, 9.17) is 4.52 Å². The van der Waals surface area contributed by atoms with Gasteiger partial charge in [0.25, 0.3) is 5.56 Å². The lowest BCUT2D eigenvalue weighted by atomic mass is 9.97. The van der Waals surface area contributed by atoms with Crippen LogP contribution < -0.4 is 5.56 Å². The van der Waals surface area contributed by atoms with Gasteiger partial charge in [0.15, 0.2) is 11.0 Å². The number of fused-ring (bicyclic) bond motifs is 1. The zero-order chi connectivity index (χ0) is 18.9. The van der Waals surface area contributed by atoms with Crippen LogP contribution in [-0.2, 0) is 17.7 Å². The van der Waals surface area contributed by atoms with Gasteiger partial charge in [0.05, 0.1) is 16.7 Å². The molecule has 0 atom stereocenters. The van der Waals surface area contributed by atoms with Crippen LogP contribution in [0.15, 0.2) is 37.1 Å². The molecule has 3 aromatic rings. The molecule has 8 heteroatoms. The third kappa shape index (κ3) is 4.01. The Hall–Kier alpha value is -1.67. The van der Waals surface area contributed by atoms with E-state index in [0.29, 0.717) is 40.1 Å². The highest BCUT2D eigenvalue weighted by Gasteiger charge is 2.22. The van der Waals surface area contributed by atoms with Gasteiger partial charge in [-0.15, -0.1) is 0 Å². The lowest BCUT2D eigenvalue weighted by Crippen LogP contribution is -2.23. The van der Waals surface area contributed by atoms with Crippen molar-refractivity contribution < 1.29 is 4.52 Å². The lowest BCUT2D eigenvalue weighted by Gasteiger charge is -2.12. The fourth-order valence-electron chi connectivity index (χ4n) is 2.45. The zero-order valence-electron chi connectivity index (χ0n) is 15.2. The van der Waals surface area contributed by atoms with Gasteiger partial charge in [0, 0.05) is 16.4 Å². The first-order valence-electron chi connectivity index (χ1n) is 8.45. The van der Waals surface area contributed by atoms with E-state index in [0.717, 1.165) is 10.9 Å². The normalized spacial score (nSPS) is 12.0. The van der Waals surface area contributed by atoms with Crippen molar-refractivity contribution in [2.24, 2.45) is 0 Å². The average Bonchev–Trinajstić information content (AvgIpc) is 3.06. The van der Waals surface area contributed by atoms with E-state index in [1.807, 2.05) is 45.9 Å². The van der Waals surface area contributed by atoms with E-state index in [9.17, 15) is 4.79 Å². The maximum atomic E-state index is 12.9. The molecule has 2 aromatic heterocycles. The molecule has 0 fully saturated rings. The molecule has 0 bridgehead atoms. The highest BCUT2D eigenvalue weighted by atomic mass is 79.9. The predicted molar refractivity (Wildman–Crippen MR) is 107 cm³/mol. The summed E-state index contributed by atoms with van der Waals surface area (Å²) >= 11 is 4.87. The molecule has 0 saturated heterocycles. The van der Waals surface area contributed by atoms with Gasteiger partial charge in [-0.1, -0.05) is 60.5 Å². The number of hydrogen-bond acceptors (Lipinski definition) is 6. The van der Waals surface area contributed by atoms with Crippen molar-refractivity contribution in [3.05, 3.63) is 44.7 Å². The van der Waals surface area contributed by atoms with Gasteiger partial charge in [-0.2, -0.15) is 4.98 Å². The molecular weight excluding hydrogens is 416 g/mol. The van der Waals surface area contributed by atoms with Crippen LogP contribution in [0.1, 0.15) is 45.8 Å². The minimum atomic E-state index is -0.186. The number of halogens is 1. The number of nitrogens with zero attached hydrogens (tertiary/aromatic N) is 4. The smallest absolute Gasteiger partial charge is 0.262 e. The average molecular weight is 437 g/mol. The third-order valence-electron chi connectivity index (χ3n) is 3.77. The van der Waals surface area contributed by atoms with Crippen molar-refractivity contribution in [1.82, 2.24) is 19.7 Å². The SMILES string of the molecule is CCCn1c(SCc2noc(C(C)(C)C)n2)nc2ccc(Br)cc2c1=O. The first-order valence-corrected chi connectivity index (χ1v) is 10.2. The summed E-state index contributed by atoms with van der Waals surface area (Å²) in [7, 11) is 0. The highest BCUT2D eigenvalue weighted by Crippen LogP contribution is 2.25. The van der Waals surface area contributed by atoms with Crippen LogP contribution in [-0.4, -0.2) is 19.7 Å². The Morgan fingerprint density at radius 3 is 2.69 bits per heavy atom. The Kier molecular flexibility index (Phi) is 5.53. The van der Waals surface area contributed by atoms with Crippen LogP contribution in [0.25, 0.3) is 10.9 Å². The monoisotopic (exact) mass is 436 g/mol. The molecule has 0 saturated carbocycles. The Bertz CT molecular complexity index is 991. The number of thioether (sulfide) groups is 1. The second kappa shape index (κ2) is 7.52. The molecule has 0 aliphatic rings. The largest absolute Gasteiger partial charge is 0.339 e. The first-order chi connectivity index (χ1) is 12.3. The van der Waals surface area contributed by atoms with Crippen LogP contribution in [0.4, 0.5) is 0 Å². The van der Waals surface area contributed by atoms with E-state index >= 15 is 0 Å². The Morgan fingerprint density at radius 1 is 1.27 bits per heavy atom. The Labute approximate surface area is 164 Å². The summed E-state index contributed by atoms with van der Waals surface area (Å²) in [4.78, 5) is 22.0. The molecule has 3 rings (SSSR count). The maximum absolute atomic E-state index is 12.9. The summed E-state index contributed by atoms with van der Waals surface area (Å²) in [6, 6.07) is 5.56. The van der Waals surface area contributed by atoms with Gasteiger partial charge >= 0.3 is 0 Å². The minimum absolute atomic E-state index is 0.0239. The number of hydrogen-bond donors (Lipinski definition) is 0. The predicted octanol–water partition coefficient (Wildman–Crippen LogP) is 4.54. The molecule has 0 aliphatic carbocycles. The van der Waals surface area contributed by atoms with E-state index < -0.39 is 0 Å². The highest BCUT2D eigenvalue weighted by molar-refractivity contribution is 9.10. The van der Waals surface area contributed by atoms with Gasteiger partial charge in [-0.3, -0.25) is 9.36 Å². The van der Waals surface area contributed by atoms with Gasteiger partial charge in [0.2, 0.25) is 5.89 Å². The van der Waals surface area contributed by atoms with Crippen LogP contribution in [0, 0.1) is 0 Å². The van der Waals surface area contributed by atoms with Crippen LogP contribution in [0.5, 0.6) is 0 Å². The van der Waals surface area contributed by atoms with Crippen molar-refractivity contribution in [1.29, 1.82) is 0 Å². The van der Waals surface area contributed by atoms with Gasteiger partial charge in [-0.05, 0) is 24.6 Å². The molecule has 0 radical (unpaired) electrons. The molecule has 1 aromatic carbocycles. The quantitative estimate of drug-likeness (QED) is 0.431. The molecule has 0 unspecified atom stereocenters. The van der Waals surface area contributed by atoms with Gasteiger partial charge in [-0.25, -0.2) is 4.98 Å². The first kappa shape index (κ1) is 19.1. The van der Waals surface area contributed by atoms with Crippen LogP contribution >= 0.6 is 27.7 Å². The summed E-state index contributed by atoms with van der Waals surface area (Å²) in [6.45, 7) is 8.75. The molecule has 138 valence electrons. The molecule has 6 nitrogen and oxygen atoms in total. The lowest BCUT2D eigenvalue weighted by molar-refractivity contribution is 0.319. The van der Waals surface area contributed by atoms with E-state index in [1.54, 1.807) is 4.57 Å². The van der Waals surface area contributed by atoms with E-state index in [1.165, 1.54) is 11.8 Å². The number of rotatable bonds is 5. The zero-order valence-corrected chi connectivity index (χ0v) is 17.6. The van der Waals surface area contributed by atoms with Crippen molar-refractivity contribution in [3.8, 4) is 0 Å². The van der Waals surface area contributed by atoms with E-state index in [2.05, 4.69) is 31.1 Å². The molecule has 26 heavy (non-hydrogen) atoms. The van der Waals surface area contributed by atoms with Crippen LogP contribution in [0.2, 0.25) is 0 Å². The molecule has 0 N–H and O–H groups in total. The van der Waals surface area contributed by atoms with Gasteiger partial charge in [0.1, 0.15) is 0 Å². The molecule has 0 spiro atoms. The van der Waals surface area contributed by atoms with Crippen molar-refractivity contribution in [3.63, 3.8) is 0 Å². The second-order valence-electron chi connectivity index (χ2n) is 7.07. The standard InChI is InChI=1S/C18H21BrN4O2S/c1-5-8-23-15(24)12-9-11(19)6-7-13(12)20-17(23)26-10-14-21-16(25-22-14)18(2,3)4/h6-7,9H,5,8,10H2,1-4H3. The summed E-state index contributed by atoms with van der Waals surface area (Å²) < 4.78 is 7.93. The molecule has 0 aliphatic heterocycles.